The Morgan fingerprint density at radius 2 is 1.46 bits per heavy atom. The summed E-state index contributed by atoms with van der Waals surface area (Å²) in [5.74, 6) is -1.15. The van der Waals surface area contributed by atoms with Crippen molar-refractivity contribution < 1.29 is 19.4 Å². The van der Waals surface area contributed by atoms with Gasteiger partial charge in [0.25, 0.3) is 0 Å². The van der Waals surface area contributed by atoms with Gasteiger partial charge in [0, 0.05) is 38.3 Å². The molecule has 0 radical (unpaired) electrons. The fourth-order valence-corrected chi connectivity index (χ4v) is 4.61. The van der Waals surface area contributed by atoms with Crippen LogP contribution in [0.3, 0.4) is 0 Å². The molecule has 164 valence electrons. The number of halogens is 2. The first-order valence-corrected chi connectivity index (χ1v) is 9.94. The molecule has 10 heteroatoms. The summed E-state index contributed by atoms with van der Waals surface area (Å²) in [5, 5.41) is 14.7. The van der Waals surface area contributed by atoms with Gasteiger partial charge in [-0.15, -0.1) is 24.8 Å². The lowest BCUT2D eigenvalue weighted by Crippen LogP contribution is -2.55. The third-order valence-corrected chi connectivity index (χ3v) is 6.11. The van der Waals surface area contributed by atoms with Gasteiger partial charge in [-0.25, -0.2) is 4.79 Å². The summed E-state index contributed by atoms with van der Waals surface area (Å²) in [4.78, 5) is 26.8. The summed E-state index contributed by atoms with van der Waals surface area (Å²) in [6.45, 7) is 6.86. The highest BCUT2D eigenvalue weighted by molar-refractivity contribution is 5.85. The van der Waals surface area contributed by atoms with Crippen LogP contribution in [0.1, 0.15) is 38.5 Å². The van der Waals surface area contributed by atoms with E-state index in [0.29, 0.717) is 12.5 Å². The number of hydrogen-bond acceptors (Lipinski definition) is 6. The molecule has 0 aromatic carbocycles. The first kappa shape index (κ1) is 25.4. The lowest BCUT2D eigenvalue weighted by atomic mass is 9.91. The van der Waals surface area contributed by atoms with Gasteiger partial charge in [-0.05, 0) is 51.6 Å². The standard InChI is InChI=1S/C18H32N4O4.2ClH/c23-13-20-17(18(24)25)26-16-3-1-14(2-4-16)21-9-11-22(12-10-21)15-5-7-19-8-6-15;;/h13-17,19H,1-12H2,(H,20,23)(H,24,25);2*1H/t14-,16-,17?;;. The van der Waals surface area contributed by atoms with Crippen LogP contribution in [0, 0.1) is 0 Å². The maximum atomic E-state index is 11.1. The van der Waals surface area contributed by atoms with Crippen LogP contribution in [-0.4, -0.2) is 91.0 Å². The fourth-order valence-electron chi connectivity index (χ4n) is 4.61. The zero-order valence-electron chi connectivity index (χ0n) is 16.3. The molecule has 0 aromatic rings. The summed E-state index contributed by atoms with van der Waals surface area (Å²) in [7, 11) is 0. The van der Waals surface area contributed by atoms with Crippen molar-refractivity contribution >= 4 is 37.2 Å². The van der Waals surface area contributed by atoms with Gasteiger partial charge in [0.2, 0.25) is 12.6 Å². The minimum atomic E-state index is -1.23. The molecule has 1 aliphatic carbocycles. The molecule has 1 unspecified atom stereocenters. The summed E-state index contributed by atoms with van der Waals surface area (Å²) in [6, 6.07) is 1.33. The molecule has 1 amide bonds. The average molecular weight is 441 g/mol. The topological polar surface area (TPSA) is 94.1 Å². The normalized spacial score (nSPS) is 28.4. The molecule has 0 bridgehead atoms. The third kappa shape index (κ3) is 7.00. The average Bonchev–Trinajstić information content (AvgIpc) is 2.69. The zero-order chi connectivity index (χ0) is 18.4. The Morgan fingerprint density at radius 3 is 1.93 bits per heavy atom. The molecule has 2 heterocycles. The maximum Gasteiger partial charge on any atom is 0.354 e. The van der Waals surface area contributed by atoms with Gasteiger partial charge < -0.3 is 20.5 Å². The number of piperidine rings is 1. The zero-order valence-corrected chi connectivity index (χ0v) is 17.9. The number of nitrogens with zero attached hydrogens (tertiary/aromatic N) is 2. The first-order valence-electron chi connectivity index (χ1n) is 9.94. The van der Waals surface area contributed by atoms with Gasteiger partial charge in [-0.3, -0.25) is 14.6 Å². The fraction of sp³-hybridized carbons (Fsp3) is 0.889. The van der Waals surface area contributed by atoms with Crippen LogP contribution < -0.4 is 10.6 Å². The Bertz CT molecular complexity index is 467. The van der Waals surface area contributed by atoms with Crippen LogP contribution in [0.25, 0.3) is 0 Å². The van der Waals surface area contributed by atoms with E-state index in [1.807, 2.05) is 0 Å². The van der Waals surface area contributed by atoms with E-state index in [4.69, 9.17) is 9.84 Å². The molecular weight excluding hydrogens is 407 g/mol. The van der Waals surface area contributed by atoms with Gasteiger partial charge in [0.1, 0.15) is 0 Å². The van der Waals surface area contributed by atoms with Crippen molar-refractivity contribution in [3.8, 4) is 0 Å². The molecule has 3 rings (SSSR count). The van der Waals surface area contributed by atoms with E-state index in [2.05, 4.69) is 20.4 Å². The van der Waals surface area contributed by atoms with Crippen LogP contribution in [-0.2, 0) is 14.3 Å². The third-order valence-electron chi connectivity index (χ3n) is 6.11. The molecule has 1 atom stereocenters. The van der Waals surface area contributed by atoms with Crippen LogP contribution in [0.15, 0.2) is 0 Å². The molecule has 28 heavy (non-hydrogen) atoms. The van der Waals surface area contributed by atoms with E-state index in [0.717, 1.165) is 71.0 Å². The second-order valence-corrected chi connectivity index (χ2v) is 7.62. The minimum Gasteiger partial charge on any atom is -0.478 e. The van der Waals surface area contributed by atoms with E-state index >= 15 is 0 Å². The number of nitrogens with one attached hydrogen (secondary N) is 2. The Labute approximate surface area is 179 Å². The Morgan fingerprint density at radius 1 is 0.964 bits per heavy atom. The van der Waals surface area contributed by atoms with Crippen molar-refractivity contribution in [3.05, 3.63) is 0 Å². The Hall–Kier alpha value is -0.640. The summed E-state index contributed by atoms with van der Waals surface area (Å²) < 4.78 is 5.55. The summed E-state index contributed by atoms with van der Waals surface area (Å²) in [6.07, 6.45) is 5.36. The molecule has 8 nitrogen and oxygen atoms in total. The van der Waals surface area contributed by atoms with E-state index in [1.165, 1.54) is 12.8 Å². The summed E-state index contributed by atoms with van der Waals surface area (Å²) in [5.41, 5.74) is 0. The van der Waals surface area contributed by atoms with Gasteiger partial charge >= 0.3 is 5.97 Å². The van der Waals surface area contributed by atoms with Crippen molar-refractivity contribution in [1.82, 2.24) is 20.4 Å². The van der Waals surface area contributed by atoms with Crippen molar-refractivity contribution in [2.24, 2.45) is 0 Å². The molecule has 0 aromatic heterocycles. The predicted octanol–water partition coefficient (Wildman–Crippen LogP) is 0.684. The van der Waals surface area contributed by atoms with Gasteiger partial charge in [-0.2, -0.15) is 0 Å². The number of amides is 1. The number of ether oxygens (including phenoxy) is 1. The second-order valence-electron chi connectivity index (χ2n) is 7.62. The van der Waals surface area contributed by atoms with E-state index in [1.54, 1.807) is 0 Å². The lowest BCUT2D eigenvalue weighted by molar-refractivity contribution is -0.160. The van der Waals surface area contributed by atoms with Crippen LogP contribution in [0.2, 0.25) is 0 Å². The monoisotopic (exact) mass is 440 g/mol. The second kappa shape index (κ2) is 12.8. The van der Waals surface area contributed by atoms with Crippen molar-refractivity contribution in [3.63, 3.8) is 0 Å². The van der Waals surface area contributed by atoms with Crippen LogP contribution in [0.5, 0.6) is 0 Å². The number of carbonyl (C=O) groups excluding carboxylic acids is 1. The van der Waals surface area contributed by atoms with Crippen LogP contribution >= 0.6 is 24.8 Å². The molecule has 0 spiro atoms. The highest BCUT2D eigenvalue weighted by Crippen LogP contribution is 2.27. The van der Waals surface area contributed by atoms with E-state index < -0.39 is 12.2 Å². The Kier molecular flexibility index (Phi) is 11.6. The van der Waals surface area contributed by atoms with Crippen LogP contribution in [0.4, 0.5) is 0 Å². The summed E-state index contributed by atoms with van der Waals surface area (Å²) >= 11 is 0. The Balaban J connectivity index is 0.00000196. The van der Waals surface area contributed by atoms with Gasteiger partial charge in [0.15, 0.2) is 0 Å². The number of carbonyl (C=O) groups is 2. The number of aliphatic carboxylic acids is 1. The molecule has 3 N–H and O–H groups in total. The molecule has 3 aliphatic rings. The van der Waals surface area contributed by atoms with Crippen molar-refractivity contribution in [2.45, 2.75) is 62.9 Å². The van der Waals surface area contributed by atoms with Gasteiger partial charge in [0.05, 0.1) is 6.10 Å². The number of rotatable bonds is 7. The number of carboxylic acids is 1. The number of carboxylic acid groups (broad SMARTS) is 1. The highest BCUT2D eigenvalue weighted by atomic mass is 35.5. The SMILES string of the molecule is Cl.Cl.O=CNC(O[C@H]1CC[C@H](N2CCN(C3CCNCC3)CC2)CC1)C(=O)O. The quantitative estimate of drug-likeness (QED) is 0.395. The molecule has 2 aliphatic heterocycles. The van der Waals surface area contributed by atoms with Crippen molar-refractivity contribution in [1.29, 1.82) is 0 Å². The predicted molar refractivity (Wildman–Crippen MR) is 111 cm³/mol. The largest absolute Gasteiger partial charge is 0.478 e. The van der Waals surface area contributed by atoms with E-state index in [9.17, 15) is 9.59 Å². The molecule has 2 saturated heterocycles. The number of hydrogen-bond donors (Lipinski definition) is 3. The maximum absolute atomic E-state index is 11.1. The van der Waals surface area contributed by atoms with Crippen molar-refractivity contribution in [2.75, 3.05) is 39.3 Å². The van der Waals surface area contributed by atoms with E-state index in [-0.39, 0.29) is 30.9 Å². The molecule has 1 saturated carbocycles. The van der Waals surface area contributed by atoms with Gasteiger partial charge in [-0.1, -0.05) is 0 Å². The molecular formula is C18H34Cl2N4O4. The minimum absolute atomic E-state index is 0. The highest BCUT2D eigenvalue weighted by Gasteiger charge is 2.32. The first-order chi connectivity index (χ1) is 12.7. The lowest BCUT2D eigenvalue weighted by Gasteiger charge is -2.45. The number of piperazine rings is 1. The smallest absolute Gasteiger partial charge is 0.354 e. The molecule has 3 fully saturated rings.